The molecule has 1 amide bonds. The van der Waals surface area contributed by atoms with E-state index in [1.54, 1.807) is 19.3 Å². The van der Waals surface area contributed by atoms with Gasteiger partial charge in [0.15, 0.2) is 0 Å². The molecule has 0 fully saturated rings. The first-order valence-electron chi connectivity index (χ1n) is 8.56. The zero-order chi connectivity index (χ0) is 19.2. The fourth-order valence-electron chi connectivity index (χ4n) is 2.75. The number of ether oxygens (including phenoxy) is 1. The fourth-order valence-corrected chi connectivity index (χ4v) is 2.94. The third kappa shape index (κ3) is 4.57. The van der Waals surface area contributed by atoms with E-state index < -0.39 is 0 Å². The van der Waals surface area contributed by atoms with Gasteiger partial charge in [-0.2, -0.15) is 0 Å². The van der Waals surface area contributed by atoms with Gasteiger partial charge < -0.3 is 10.1 Å². The summed E-state index contributed by atoms with van der Waals surface area (Å²) in [6.07, 6.45) is 1.80. The summed E-state index contributed by atoms with van der Waals surface area (Å²) in [6.45, 7) is 1.97. The largest absolute Gasteiger partial charge is 0.495 e. The molecule has 0 aromatic heterocycles. The first-order valence-corrected chi connectivity index (χ1v) is 8.94. The maximum Gasteiger partial charge on any atom is 0.256 e. The molecule has 3 aromatic rings. The third-order valence-electron chi connectivity index (χ3n) is 4.14. The molecule has 0 unspecified atom stereocenters. The van der Waals surface area contributed by atoms with Crippen molar-refractivity contribution < 1.29 is 9.53 Å². The highest BCUT2D eigenvalue weighted by molar-refractivity contribution is 6.34. The average molecular weight is 378 g/mol. The highest BCUT2D eigenvalue weighted by Gasteiger charge is 2.15. The second kappa shape index (κ2) is 8.56. The van der Waals surface area contributed by atoms with E-state index in [0.29, 0.717) is 22.0 Å². The number of anilines is 1. The molecule has 0 bridgehead atoms. The summed E-state index contributed by atoms with van der Waals surface area (Å²) in [5, 5.41) is 3.55. The lowest BCUT2D eigenvalue weighted by Crippen LogP contribution is -2.14. The molecule has 0 saturated carbocycles. The Morgan fingerprint density at radius 1 is 1.00 bits per heavy atom. The van der Waals surface area contributed by atoms with Crippen LogP contribution in [0.1, 0.15) is 16.7 Å². The van der Waals surface area contributed by atoms with Gasteiger partial charge in [0.05, 0.1) is 12.8 Å². The second-order valence-corrected chi connectivity index (χ2v) is 6.51. The van der Waals surface area contributed by atoms with Crippen LogP contribution in [0.15, 0.2) is 72.8 Å². The highest BCUT2D eigenvalue weighted by atomic mass is 35.5. The molecule has 1 N–H and O–H groups in total. The molecule has 0 aliphatic carbocycles. The van der Waals surface area contributed by atoms with Gasteiger partial charge in [0, 0.05) is 10.6 Å². The molecule has 27 heavy (non-hydrogen) atoms. The van der Waals surface area contributed by atoms with E-state index >= 15 is 0 Å². The molecule has 0 aliphatic rings. The molecular formula is C23H20ClNO2. The maximum atomic E-state index is 13.1. The van der Waals surface area contributed by atoms with Crippen molar-refractivity contribution in [2.24, 2.45) is 0 Å². The summed E-state index contributed by atoms with van der Waals surface area (Å²) in [6, 6.07) is 22.6. The number of carbonyl (C=O) groups excluding carboxylic acids is 1. The van der Waals surface area contributed by atoms with Gasteiger partial charge in [0.1, 0.15) is 5.75 Å². The van der Waals surface area contributed by atoms with Gasteiger partial charge in [-0.1, -0.05) is 66.2 Å². The summed E-state index contributed by atoms with van der Waals surface area (Å²) < 4.78 is 5.37. The lowest BCUT2D eigenvalue weighted by molar-refractivity contribution is -0.111. The molecular weight excluding hydrogens is 358 g/mol. The van der Waals surface area contributed by atoms with Crippen molar-refractivity contribution in [2.45, 2.75) is 6.92 Å². The summed E-state index contributed by atoms with van der Waals surface area (Å²) in [5.41, 5.74) is 3.77. The van der Waals surface area contributed by atoms with Crippen LogP contribution in [0.25, 0.3) is 11.6 Å². The van der Waals surface area contributed by atoms with Gasteiger partial charge in [-0.15, -0.1) is 0 Å². The van der Waals surface area contributed by atoms with Gasteiger partial charge in [0.25, 0.3) is 5.91 Å². The summed E-state index contributed by atoms with van der Waals surface area (Å²) in [7, 11) is 1.58. The molecule has 3 nitrogen and oxygen atoms in total. The molecule has 0 radical (unpaired) electrons. The van der Waals surface area contributed by atoms with Crippen molar-refractivity contribution in [3.05, 3.63) is 94.5 Å². The van der Waals surface area contributed by atoms with E-state index in [2.05, 4.69) is 5.32 Å². The average Bonchev–Trinajstić information content (AvgIpc) is 2.68. The minimum Gasteiger partial charge on any atom is -0.495 e. The molecule has 0 saturated heterocycles. The van der Waals surface area contributed by atoms with Crippen LogP contribution in [0.3, 0.4) is 0 Å². The SMILES string of the molecule is COc1ccc(C)cc1NC(=O)/C(=C/c1ccccc1Cl)c1ccccc1. The zero-order valence-electron chi connectivity index (χ0n) is 15.2. The van der Waals surface area contributed by atoms with Gasteiger partial charge >= 0.3 is 0 Å². The van der Waals surface area contributed by atoms with E-state index in [1.807, 2.05) is 73.7 Å². The Kier molecular flexibility index (Phi) is 5.94. The van der Waals surface area contributed by atoms with Crippen LogP contribution in [-0.4, -0.2) is 13.0 Å². The molecule has 0 spiro atoms. The summed E-state index contributed by atoms with van der Waals surface area (Å²) in [5.74, 6) is 0.379. The quantitative estimate of drug-likeness (QED) is 0.448. The lowest BCUT2D eigenvalue weighted by atomic mass is 10.0. The van der Waals surface area contributed by atoms with Crippen LogP contribution >= 0.6 is 11.6 Å². The minimum atomic E-state index is -0.231. The van der Waals surface area contributed by atoms with E-state index in [-0.39, 0.29) is 5.91 Å². The molecule has 3 rings (SSSR count). The fraction of sp³-hybridized carbons (Fsp3) is 0.0870. The number of nitrogens with one attached hydrogen (secondary N) is 1. The Hall–Kier alpha value is -3.04. The number of aryl methyl sites for hydroxylation is 1. The predicted octanol–water partition coefficient (Wildman–Crippen LogP) is 5.84. The first kappa shape index (κ1) is 18.7. The van der Waals surface area contributed by atoms with Crippen molar-refractivity contribution in [3.63, 3.8) is 0 Å². The highest BCUT2D eigenvalue weighted by Crippen LogP contribution is 2.28. The summed E-state index contributed by atoms with van der Waals surface area (Å²) >= 11 is 6.29. The normalized spacial score (nSPS) is 11.1. The van der Waals surface area contributed by atoms with Crippen LogP contribution in [0.5, 0.6) is 5.75 Å². The van der Waals surface area contributed by atoms with Crippen LogP contribution in [0.2, 0.25) is 5.02 Å². The summed E-state index contributed by atoms with van der Waals surface area (Å²) in [4.78, 5) is 13.1. The standard InChI is InChI=1S/C23H20ClNO2/c1-16-12-13-22(27-2)21(14-16)25-23(26)19(17-8-4-3-5-9-17)15-18-10-6-7-11-20(18)24/h3-15H,1-2H3,(H,25,26)/b19-15+. The Balaban J connectivity index is 2.02. The van der Waals surface area contributed by atoms with Crippen molar-refractivity contribution in [1.82, 2.24) is 0 Å². The number of amides is 1. The van der Waals surface area contributed by atoms with Gasteiger partial charge in [-0.25, -0.2) is 0 Å². The van der Waals surface area contributed by atoms with Crippen molar-refractivity contribution in [3.8, 4) is 5.75 Å². The zero-order valence-corrected chi connectivity index (χ0v) is 16.0. The number of hydrogen-bond acceptors (Lipinski definition) is 2. The Morgan fingerprint density at radius 3 is 2.41 bits per heavy atom. The number of benzene rings is 3. The van der Waals surface area contributed by atoms with E-state index in [9.17, 15) is 4.79 Å². The molecule has 136 valence electrons. The Morgan fingerprint density at radius 2 is 1.70 bits per heavy atom. The van der Waals surface area contributed by atoms with Gasteiger partial charge in [-0.3, -0.25) is 4.79 Å². The van der Waals surface area contributed by atoms with Crippen molar-refractivity contribution in [1.29, 1.82) is 0 Å². The van der Waals surface area contributed by atoms with Crippen molar-refractivity contribution >= 4 is 34.8 Å². The topological polar surface area (TPSA) is 38.3 Å². The van der Waals surface area contributed by atoms with E-state index in [0.717, 1.165) is 16.7 Å². The number of rotatable bonds is 5. The van der Waals surface area contributed by atoms with Gasteiger partial charge in [-0.05, 0) is 47.9 Å². The Bertz CT molecular complexity index is 981. The second-order valence-electron chi connectivity index (χ2n) is 6.10. The maximum absolute atomic E-state index is 13.1. The third-order valence-corrected chi connectivity index (χ3v) is 4.48. The molecule has 3 aromatic carbocycles. The molecule has 4 heteroatoms. The van der Waals surface area contributed by atoms with E-state index in [1.165, 1.54) is 0 Å². The lowest BCUT2D eigenvalue weighted by Gasteiger charge is -2.13. The van der Waals surface area contributed by atoms with Crippen LogP contribution in [0, 0.1) is 6.92 Å². The van der Waals surface area contributed by atoms with Crippen LogP contribution in [-0.2, 0) is 4.79 Å². The van der Waals surface area contributed by atoms with E-state index in [4.69, 9.17) is 16.3 Å². The van der Waals surface area contributed by atoms with Crippen LogP contribution < -0.4 is 10.1 Å². The first-order chi connectivity index (χ1) is 13.1. The number of halogens is 1. The molecule has 0 heterocycles. The Labute approximate surface area is 164 Å². The number of methoxy groups -OCH3 is 1. The minimum absolute atomic E-state index is 0.231. The number of carbonyl (C=O) groups is 1. The van der Waals surface area contributed by atoms with Crippen molar-refractivity contribution in [2.75, 3.05) is 12.4 Å². The smallest absolute Gasteiger partial charge is 0.256 e. The predicted molar refractivity (Wildman–Crippen MR) is 112 cm³/mol. The van der Waals surface area contributed by atoms with Gasteiger partial charge in [0.2, 0.25) is 0 Å². The van der Waals surface area contributed by atoms with Crippen LogP contribution in [0.4, 0.5) is 5.69 Å². The monoisotopic (exact) mass is 377 g/mol. The number of hydrogen-bond donors (Lipinski definition) is 1. The molecule has 0 atom stereocenters. The molecule has 0 aliphatic heterocycles.